The third-order valence-corrected chi connectivity index (χ3v) is 4.77. The van der Waals surface area contributed by atoms with Crippen LogP contribution in [0.25, 0.3) is 0 Å². The van der Waals surface area contributed by atoms with Gasteiger partial charge in [-0.25, -0.2) is 14.1 Å². The van der Waals surface area contributed by atoms with E-state index in [2.05, 4.69) is 21.2 Å². The van der Waals surface area contributed by atoms with E-state index in [1.165, 1.54) is 12.1 Å². The largest absolute Gasteiger partial charge is 0.335 e. The topological polar surface area (TPSA) is 66.5 Å². The number of halogens is 2. The molecule has 2 aliphatic rings. The number of rotatable bonds is 1. The molecule has 0 atom stereocenters. The molecule has 0 bridgehead atoms. The number of benzene rings is 1. The summed E-state index contributed by atoms with van der Waals surface area (Å²) in [7, 11) is 0. The molecule has 1 heterocycles. The van der Waals surface area contributed by atoms with E-state index in [9.17, 15) is 18.8 Å². The van der Waals surface area contributed by atoms with Crippen molar-refractivity contribution in [1.82, 2.24) is 5.32 Å². The summed E-state index contributed by atoms with van der Waals surface area (Å²) in [5.74, 6) is -1.53. The lowest BCUT2D eigenvalue weighted by atomic mass is 9.66. The average molecular weight is 355 g/mol. The van der Waals surface area contributed by atoms with Crippen molar-refractivity contribution in [2.45, 2.75) is 26.2 Å². The molecule has 5 nitrogen and oxygen atoms in total. The monoisotopic (exact) mass is 354 g/mol. The number of hydrogen-bond acceptors (Lipinski definition) is 3. The normalized spacial score (nSPS) is 20.5. The molecular weight excluding hydrogens is 343 g/mol. The number of barbiturate groups is 1. The third kappa shape index (κ3) is 1.91. The first-order valence-corrected chi connectivity index (χ1v) is 7.32. The minimum Gasteiger partial charge on any atom is -0.276 e. The third-order valence-electron chi connectivity index (χ3n) is 4.16. The Morgan fingerprint density at radius 3 is 2.52 bits per heavy atom. The van der Waals surface area contributed by atoms with Gasteiger partial charge in [-0.05, 0) is 53.4 Å². The van der Waals surface area contributed by atoms with Crippen LogP contribution in [0.4, 0.5) is 14.9 Å². The molecule has 1 saturated heterocycles. The number of hydrogen-bond donors (Lipinski definition) is 1. The van der Waals surface area contributed by atoms with Crippen molar-refractivity contribution in [3.05, 3.63) is 28.0 Å². The maximum Gasteiger partial charge on any atom is 0.335 e. The highest BCUT2D eigenvalue weighted by atomic mass is 79.9. The molecule has 0 aromatic heterocycles. The van der Waals surface area contributed by atoms with Crippen LogP contribution in [0.1, 0.15) is 24.8 Å². The molecule has 1 N–H and O–H groups in total. The SMILES string of the molecule is Cc1cc(F)c(Br)cc1N1C(=O)NC(=O)C2(CCC2)C1=O. The fraction of sp³-hybridized carbons (Fsp3) is 0.357. The fourth-order valence-corrected chi connectivity index (χ4v) is 3.07. The van der Waals surface area contributed by atoms with Gasteiger partial charge in [-0.3, -0.25) is 14.9 Å². The zero-order valence-electron chi connectivity index (χ0n) is 11.2. The highest BCUT2D eigenvalue weighted by molar-refractivity contribution is 9.10. The summed E-state index contributed by atoms with van der Waals surface area (Å²) in [6.07, 6.45) is 1.64. The maximum atomic E-state index is 13.5. The summed E-state index contributed by atoms with van der Waals surface area (Å²) < 4.78 is 13.7. The smallest absolute Gasteiger partial charge is 0.276 e. The average Bonchev–Trinajstić information content (AvgIpc) is 2.33. The van der Waals surface area contributed by atoms with Gasteiger partial charge in [0.2, 0.25) is 5.91 Å². The lowest BCUT2D eigenvalue weighted by molar-refractivity contribution is -0.148. The number of imide groups is 2. The van der Waals surface area contributed by atoms with Crippen molar-refractivity contribution in [2.24, 2.45) is 5.41 Å². The first-order chi connectivity index (χ1) is 9.86. The Kier molecular flexibility index (Phi) is 3.12. The molecule has 2 fully saturated rings. The van der Waals surface area contributed by atoms with Gasteiger partial charge < -0.3 is 0 Å². The second-order valence-corrected chi connectivity index (χ2v) is 6.24. The Morgan fingerprint density at radius 1 is 1.29 bits per heavy atom. The lowest BCUT2D eigenvalue weighted by Crippen LogP contribution is -2.66. The van der Waals surface area contributed by atoms with Gasteiger partial charge in [0.05, 0.1) is 10.2 Å². The molecular formula is C14H12BrFN2O3. The van der Waals surface area contributed by atoms with Crippen LogP contribution in [0.3, 0.4) is 0 Å². The molecule has 7 heteroatoms. The van der Waals surface area contributed by atoms with E-state index in [0.29, 0.717) is 18.4 Å². The Morgan fingerprint density at radius 2 is 1.95 bits per heavy atom. The Bertz CT molecular complexity index is 685. The zero-order valence-corrected chi connectivity index (χ0v) is 12.8. The first-order valence-electron chi connectivity index (χ1n) is 6.52. The fourth-order valence-electron chi connectivity index (χ4n) is 2.74. The minimum atomic E-state index is -1.14. The summed E-state index contributed by atoms with van der Waals surface area (Å²) in [6, 6.07) is 1.83. The predicted molar refractivity (Wildman–Crippen MR) is 76.1 cm³/mol. The Balaban J connectivity index is 2.09. The molecule has 110 valence electrons. The predicted octanol–water partition coefficient (Wildman–Crippen LogP) is 2.65. The number of anilines is 1. The van der Waals surface area contributed by atoms with Gasteiger partial charge in [0, 0.05) is 0 Å². The van der Waals surface area contributed by atoms with E-state index in [-0.39, 0.29) is 10.2 Å². The number of aryl methyl sites for hydroxylation is 1. The minimum absolute atomic E-state index is 0.156. The van der Waals surface area contributed by atoms with Crippen molar-refractivity contribution < 1.29 is 18.8 Å². The highest BCUT2D eigenvalue weighted by Crippen LogP contribution is 2.45. The molecule has 3 rings (SSSR count). The van der Waals surface area contributed by atoms with Crippen molar-refractivity contribution in [3.8, 4) is 0 Å². The van der Waals surface area contributed by atoms with Crippen molar-refractivity contribution in [3.63, 3.8) is 0 Å². The zero-order chi connectivity index (χ0) is 15.4. The van der Waals surface area contributed by atoms with Crippen LogP contribution >= 0.6 is 15.9 Å². The Hall–Kier alpha value is -1.76. The molecule has 1 aromatic rings. The van der Waals surface area contributed by atoms with Crippen molar-refractivity contribution >= 4 is 39.5 Å². The molecule has 1 spiro atoms. The van der Waals surface area contributed by atoms with Gasteiger partial charge in [0.1, 0.15) is 11.2 Å². The van der Waals surface area contributed by atoms with E-state index in [1.54, 1.807) is 6.92 Å². The second kappa shape index (κ2) is 4.62. The van der Waals surface area contributed by atoms with Crippen LogP contribution in [0.15, 0.2) is 16.6 Å². The summed E-state index contributed by atoms with van der Waals surface area (Å²) in [5, 5.41) is 2.23. The number of carbonyl (C=O) groups excluding carboxylic acids is 3. The van der Waals surface area contributed by atoms with E-state index in [1.807, 2.05) is 0 Å². The van der Waals surface area contributed by atoms with Gasteiger partial charge in [0.25, 0.3) is 5.91 Å². The molecule has 1 saturated carbocycles. The number of urea groups is 1. The van der Waals surface area contributed by atoms with E-state index >= 15 is 0 Å². The van der Waals surface area contributed by atoms with Crippen LogP contribution in [-0.4, -0.2) is 17.8 Å². The molecule has 21 heavy (non-hydrogen) atoms. The molecule has 0 radical (unpaired) electrons. The quantitative estimate of drug-likeness (QED) is 0.788. The van der Waals surface area contributed by atoms with Gasteiger partial charge in [-0.15, -0.1) is 0 Å². The maximum absolute atomic E-state index is 13.5. The second-order valence-electron chi connectivity index (χ2n) is 5.39. The van der Waals surface area contributed by atoms with Crippen LogP contribution in [-0.2, 0) is 9.59 Å². The molecule has 1 aromatic carbocycles. The lowest BCUT2D eigenvalue weighted by Gasteiger charge is -2.44. The summed E-state index contributed by atoms with van der Waals surface area (Å²) in [5.41, 5.74) is -0.408. The molecule has 4 amide bonds. The standard InChI is InChI=1S/C14H12BrFN2O3/c1-7-5-9(16)8(15)6-10(7)18-12(20)14(3-2-4-14)11(19)17-13(18)21/h5-6H,2-4H2,1H3,(H,17,19,21). The van der Waals surface area contributed by atoms with Crippen molar-refractivity contribution in [2.75, 3.05) is 4.90 Å². The first kappa shape index (κ1) is 14.2. The van der Waals surface area contributed by atoms with E-state index in [0.717, 1.165) is 11.3 Å². The van der Waals surface area contributed by atoms with E-state index < -0.39 is 29.1 Å². The van der Waals surface area contributed by atoms with Crippen LogP contribution in [0.2, 0.25) is 0 Å². The summed E-state index contributed by atoms with van der Waals surface area (Å²) >= 11 is 3.05. The van der Waals surface area contributed by atoms with E-state index in [4.69, 9.17) is 0 Å². The summed E-state index contributed by atoms with van der Waals surface area (Å²) in [6.45, 7) is 1.61. The van der Waals surface area contributed by atoms with Crippen LogP contribution in [0.5, 0.6) is 0 Å². The van der Waals surface area contributed by atoms with Gasteiger partial charge in [0.15, 0.2) is 0 Å². The van der Waals surface area contributed by atoms with Gasteiger partial charge in [-0.2, -0.15) is 0 Å². The number of amides is 4. The van der Waals surface area contributed by atoms with Gasteiger partial charge in [-0.1, -0.05) is 6.42 Å². The van der Waals surface area contributed by atoms with Crippen LogP contribution < -0.4 is 10.2 Å². The number of nitrogens with one attached hydrogen (secondary N) is 1. The van der Waals surface area contributed by atoms with Crippen LogP contribution in [0, 0.1) is 18.2 Å². The molecule has 0 unspecified atom stereocenters. The molecule has 1 aliphatic heterocycles. The van der Waals surface area contributed by atoms with Gasteiger partial charge >= 0.3 is 6.03 Å². The Labute approximate surface area is 128 Å². The highest BCUT2D eigenvalue weighted by Gasteiger charge is 2.57. The number of nitrogens with zero attached hydrogens (tertiary/aromatic N) is 1. The molecule has 1 aliphatic carbocycles. The van der Waals surface area contributed by atoms with Crippen molar-refractivity contribution in [1.29, 1.82) is 0 Å². The number of carbonyl (C=O) groups is 3. The summed E-state index contributed by atoms with van der Waals surface area (Å²) in [4.78, 5) is 37.6.